The number of hydrogen-bond acceptors (Lipinski definition) is 1. The lowest BCUT2D eigenvalue weighted by atomic mass is 9.91. The second-order valence-corrected chi connectivity index (χ2v) is 6.92. The van der Waals surface area contributed by atoms with Crippen LogP contribution in [-0.4, -0.2) is 12.5 Å². The van der Waals surface area contributed by atoms with E-state index < -0.39 is 11.6 Å². The number of carbonyl (C=O) groups is 1. The Morgan fingerprint density at radius 3 is 2.56 bits per heavy atom. The molecule has 4 heteroatoms. The van der Waals surface area contributed by atoms with Gasteiger partial charge in [0.15, 0.2) is 11.6 Å². The van der Waals surface area contributed by atoms with Crippen molar-refractivity contribution in [2.75, 3.05) is 6.54 Å². The molecule has 27 heavy (non-hydrogen) atoms. The minimum atomic E-state index is -0.848. The number of halogens is 2. The van der Waals surface area contributed by atoms with Crippen LogP contribution in [0.25, 0.3) is 11.1 Å². The molecular formula is C23H19F2NO. The molecule has 0 bridgehead atoms. The van der Waals surface area contributed by atoms with Crippen molar-refractivity contribution in [2.45, 2.75) is 19.8 Å². The summed E-state index contributed by atoms with van der Waals surface area (Å²) in [4.78, 5) is 12.1. The van der Waals surface area contributed by atoms with Crippen LogP contribution in [0.2, 0.25) is 0 Å². The van der Waals surface area contributed by atoms with E-state index in [1.54, 1.807) is 18.2 Å². The van der Waals surface area contributed by atoms with Crippen LogP contribution < -0.4 is 5.32 Å². The van der Waals surface area contributed by atoms with Gasteiger partial charge in [0.2, 0.25) is 0 Å². The topological polar surface area (TPSA) is 29.1 Å². The second-order valence-electron chi connectivity index (χ2n) is 6.92. The van der Waals surface area contributed by atoms with E-state index >= 15 is 0 Å². The van der Waals surface area contributed by atoms with Gasteiger partial charge < -0.3 is 5.32 Å². The van der Waals surface area contributed by atoms with Gasteiger partial charge >= 0.3 is 0 Å². The fourth-order valence-corrected chi connectivity index (χ4v) is 3.58. The number of fused-ring (bicyclic) bond motifs is 1. The van der Waals surface area contributed by atoms with Crippen molar-refractivity contribution in [1.82, 2.24) is 5.32 Å². The molecule has 2 nitrogen and oxygen atoms in total. The molecule has 136 valence electrons. The second kappa shape index (κ2) is 6.95. The smallest absolute Gasteiger partial charge is 0.251 e. The maximum absolute atomic E-state index is 14.0. The van der Waals surface area contributed by atoms with E-state index in [0.717, 1.165) is 40.3 Å². The number of hydrogen-bond donors (Lipinski definition) is 1. The lowest BCUT2D eigenvalue weighted by molar-refractivity contribution is 0.0946. The summed E-state index contributed by atoms with van der Waals surface area (Å²) in [6, 6.07) is 15.7. The third-order valence-corrected chi connectivity index (χ3v) is 5.10. The SMILES string of the molecule is Cc1cc2c(cc1Cc1ccc(-c3cccc(F)c3F)cc1)C(=O)NCC2. The highest BCUT2D eigenvalue weighted by Gasteiger charge is 2.18. The number of benzene rings is 3. The molecule has 0 spiro atoms. The monoisotopic (exact) mass is 363 g/mol. The Labute approximate surface area is 156 Å². The van der Waals surface area contributed by atoms with Crippen molar-refractivity contribution in [3.05, 3.63) is 94.0 Å². The molecule has 1 aliphatic heterocycles. The number of carbonyl (C=O) groups excluding carboxylic acids is 1. The zero-order valence-electron chi connectivity index (χ0n) is 15.0. The summed E-state index contributed by atoms with van der Waals surface area (Å²) in [5, 5.41) is 2.88. The first-order valence-electron chi connectivity index (χ1n) is 8.97. The van der Waals surface area contributed by atoms with E-state index in [4.69, 9.17) is 0 Å². The highest BCUT2D eigenvalue weighted by molar-refractivity contribution is 5.97. The molecule has 0 aromatic heterocycles. The third kappa shape index (κ3) is 3.35. The molecule has 0 atom stereocenters. The first kappa shape index (κ1) is 17.4. The van der Waals surface area contributed by atoms with Crippen LogP contribution >= 0.6 is 0 Å². The first-order chi connectivity index (χ1) is 13.0. The summed E-state index contributed by atoms with van der Waals surface area (Å²) in [5.74, 6) is -1.70. The van der Waals surface area contributed by atoms with Gasteiger partial charge in [0, 0.05) is 17.7 Å². The van der Waals surface area contributed by atoms with E-state index in [2.05, 4.69) is 18.3 Å². The predicted molar refractivity (Wildman–Crippen MR) is 102 cm³/mol. The molecule has 1 aliphatic rings. The number of aryl methyl sites for hydroxylation is 1. The minimum absolute atomic E-state index is 0.0190. The molecule has 0 radical (unpaired) electrons. The van der Waals surface area contributed by atoms with E-state index in [1.165, 1.54) is 6.07 Å². The van der Waals surface area contributed by atoms with Crippen molar-refractivity contribution < 1.29 is 13.6 Å². The Morgan fingerprint density at radius 1 is 1.00 bits per heavy atom. The molecule has 1 N–H and O–H groups in total. The van der Waals surface area contributed by atoms with Crippen molar-refractivity contribution in [3.63, 3.8) is 0 Å². The number of amides is 1. The Kier molecular flexibility index (Phi) is 4.48. The summed E-state index contributed by atoms with van der Waals surface area (Å²) in [6.07, 6.45) is 1.54. The van der Waals surface area contributed by atoms with Gasteiger partial charge in [-0.05, 0) is 59.7 Å². The van der Waals surface area contributed by atoms with Crippen LogP contribution in [0.3, 0.4) is 0 Å². The molecule has 0 saturated heterocycles. The van der Waals surface area contributed by atoms with Gasteiger partial charge in [0.1, 0.15) is 0 Å². The average Bonchev–Trinajstić information content (AvgIpc) is 2.66. The van der Waals surface area contributed by atoms with E-state index in [0.29, 0.717) is 18.5 Å². The molecule has 3 aromatic carbocycles. The summed E-state index contributed by atoms with van der Waals surface area (Å²) in [7, 11) is 0. The molecule has 3 aromatic rings. The van der Waals surface area contributed by atoms with Crippen molar-refractivity contribution in [1.29, 1.82) is 0 Å². The quantitative estimate of drug-likeness (QED) is 0.710. The van der Waals surface area contributed by atoms with E-state index in [9.17, 15) is 13.6 Å². The van der Waals surface area contributed by atoms with Gasteiger partial charge in [0.25, 0.3) is 5.91 Å². The summed E-state index contributed by atoms with van der Waals surface area (Å²) < 4.78 is 27.4. The Hall–Kier alpha value is -3.01. The Morgan fingerprint density at radius 2 is 1.78 bits per heavy atom. The van der Waals surface area contributed by atoms with Crippen LogP contribution in [0, 0.1) is 18.6 Å². The van der Waals surface area contributed by atoms with E-state index in [-0.39, 0.29) is 11.5 Å². The van der Waals surface area contributed by atoms with Gasteiger partial charge in [-0.1, -0.05) is 42.5 Å². The molecule has 0 aliphatic carbocycles. The van der Waals surface area contributed by atoms with Crippen LogP contribution in [0.1, 0.15) is 32.6 Å². The Balaban J connectivity index is 1.62. The minimum Gasteiger partial charge on any atom is -0.352 e. The van der Waals surface area contributed by atoms with Gasteiger partial charge in [-0.25, -0.2) is 8.78 Å². The summed E-state index contributed by atoms with van der Waals surface area (Å²) in [6.45, 7) is 2.74. The Bertz CT molecular complexity index is 1030. The van der Waals surface area contributed by atoms with Crippen LogP contribution in [0.4, 0.5) is 8.78 Å². The fraction of sp³-hybridized carbons (Fsp3) is 0.174. The maximum Gasteiger partial charge on any atom is 0.251 e. The molecule has 4 rings (SSSR count). The molecule has 0 fully saturated rings. The molecule has 0 unspecified atom stereocenters. The van der Waals surface area contributed by atoms with Crippen molar-refractivity contribution in [2.24, 2.45) is 0 Å². The maximum atomic E-state index is 14.0. The molecule has 1 amide bonds. The summed E-state index contributed by atoms with van der Waals surface area (Å²) >= 11 is 0. The first-order valence-corrected chi connectivity index (χ1v) is 8.97. The highest BCUT2D eigenvalue weighted by atomic mass is 19.2. The molecule has 0 saturated carbocycles. The van der Waals surface area contributed by atoms with E-state index in [1.807, 2.05) is 18.2 Å². The third-order valence-electron chi connectivity index (χ3n) is 5.10. The zero-order valence-corrected chi connectivity index (χ0v) is 15.0. The lowest BCUT2D eigenvalue weighted by Gasteiger charge is -2.19. The van der Waals surface area contributed by atoms with Crippen LogP contribution in [0.5, 0.6) is 0 Å². The van der Waals surface area contributed by atoms with Crippen LogP contribution in [0.15, 0.2) is 54.6 Å². The fourth-order valence-electron chi connectivity index (χ4n) is 3.58. The van der Waals surface area contributed by atoms with Crippen LogP contribution in [-0.2, 0) is 12.8 Å². The lowest BCUT2D eigenvalue weighted by Crippen LogP contribution is -2.32. The zero-order chi connectivity index (χ0) is 19.0. The number of rotatable bonds is 3. The molecular weight excluding hydrogens is 344 g/mol. The normalized spacial score (nSPS) is 13.2. The molecule has 1 heterocycles. The number of nitrogens with one attached hydrogen (secondary N) is 1. The summed E-state index contributed by atoms with van der Waals surface area (Å²) in [5.41, 5.74) is 6.03. The predicted octanol–water partition coefficient (Wildman–Crippen LogP) is 4.82. The van der Waals surface area contributed by atoms with Crippen molar-refractivity contribution >= 4 is 5.91 Å². The van der Waals surface area contributed by atoms with Gasteiger partial charge in [0.05, 0.1) is 0 Å². The van der Waals surface area contributed by atoms with Gasteiger partial charge in [-0.3, -0.25) is 4.79 Å². The average molecular weight is 363 g/mol. The standard InChI is InChI=1S/C23H19F2NO/c1-14-11-17-9-10-26-23(27)20(17)13-18(14)12-15-5-7-16(8-6-15)19-3-2-4-21(24)22(19)25/h2-8,11,13H,9-10,12H2,1H3,(H,26,27). The van der Waals surface area contributed by atoms with Gasteiger partial charge in [-0.2, -0.15) is 0 Å². The highest BCUT2D eigenvalue weighted by Crippen LogP contribution is 2.26. The van der Waals surface area contributed by atoms with Gasteiger partial charge in [-0.15, -0.1) is 0 Å². The van der Waals surface area contributed by atoms with Crippen molar-refractivity contribution in [3.8, 4) is 11.1 Å². The largest absolute Gasteiger partial charge is 0.352 e.